The number of carbonyl (C=O) groups is 1. The molecule has 19 heavy (non-hydrogen) atoms. The predicted octanol–water partition coefficient (Wildman–Crippen LogP) is 1.49. The topological polar surface area (TPSA) is 89.1 Å². The van der Waals surface area contributed by atoms with Gasteiger partial charge in [0.25, 0.3) is 0 Å². The molecule has 0 radical (unpaired) electrons. The number of hydrogen-bond donors (Lipinski definition) is 2. The number of anilines is 1. The molecule has 0 aromatic carbocycles. The molecule has 7 nitrogen and oxygen atoms in total. The molecule has 0 spiro atoms. The largest absolute Gasteiger partial charge is 0.463 e. The van der Waals surface area contributed by atoms with Crippen molar-refractivity contribution in [2.45, 2.75) is 45.1 Å². The van der Waals surface area contributed by atoms with Crippen molar-refractivity contribution in [2.24, 2.45) is 0 Å². The molecule has 0 aliphatic carbocycles. The van der Waals surface area contributed by atoms with Crippen molar-refractivity contribution < 1.29 is 14.3 Å². The van der Waals surface area contributed by atoms with Gasteiger partial charge in [0.1, 0.15) is 0 Å². The summed E-state index contributed by atoms with van der Waals surface area (Å²) in [7, 11) is 0. The number of aromatic nitrogens is 3. The van der Waals surface area contributed by atoms with Crippen LogP contribution in [0.25, 0.3) is 0 Å². The van der Waals surface area contributed by atoms with Crippen LogP contribution in [-0.2, 0) is 9.53 Å². The molecule has 0 saturated carbocycles. The van der Waals surface area contributed by atoms with Gasteiger partial charge in [0.05, 0.1) is 12.7 Å². The van der Waals surface area contributed by atoms with Gasteiger partial charge in [0.15, 0.2) is 0 Å². The van der Waals surface area contributed by atoms with Gasteiger partial charge in [0, 0.05) is 13.0 Å². The van der Waals surface area contributed by atoms with E-state index in [0.717, 1.165) is 25.9 Å². The Morgan fingerprint density at radius 1 is 1.58 bits per heavy atom. The Labute approximate surface area is 112 Å². The van der Waals surface area contributed by atoms with Crippen molar-refractivity contribution in [1.29, 1.82) is 0 Å². The van der Waals surface area contributed by atoms with Crippen LogP contribution >= 0.6 is 0 Å². The summed E-state index contributed by atoms with van der Waals surface area (Å²) in [6.07, 6.45) is 4.75. The maximum absolute atomic E-state index is 11.7. The second-order valence-corrected chi connectivity index (χ2v) is 4.48. The van der Waals surface area contributed by atoms with E-state index in [2.05, 4.69) is 20.5 Å². The minimum atomic E-state index is -0.0895. The van der Waals surface area contributed by atoms with Crippen molar-refractivity contribution in [3.05, 3.63) is 0 Å². The van der Waals surface area contributed by atoms with E-state index < -0.39 is 0 Å². The average molecular weight is 268 g/mol. The Kier molecular flexibility index (Phi) is 5.14. The first-order chi connectivity index (χ1) is 9.28. The first-order valence-electron chi connectivity index (χ1n) is 6.74. The zero-order valence-electron chi connectivity index (χ0n) is 11.1. The van der Waals surface area contributed by atoms with Gasteiger partial charge in [-0.1, -0.05) is 0 Å². The third-order valence-electron chi connectivity index (χ3n) is 2.96. The summed E-state index contributed by atoms with van der Waals surface area (Å²) in [6.45, 7) is 3.15. The summed E-state index contributed by atoms with van der Waals surface area (Å²) < 4.78 is 10.7. The Morgan fingerprint density at radius 3 is 3.21 bits per heavy atom. The van der Waals surface area contributed by atoms with Crippen LogP contribution < -0.4 is 10.1 Å². The number of ether oxygens (including phenoxy) is 2. The SMILES string of the molecule is CCOc1n[nH]c(NC(=O)CCC2CCCCO2)n1. The highest BCUT2D eigenvalue weighted by Gasteiger charge is 2.16. The average Bonchev–Trinajstić information content (AvgIpc) is 2.85. The molecular formula is C12H20N4O3. The summed E-state index contributed by atoms with van der Waals surface area (Å²) >= 11 is 0. The minimum absolute atomic E-state index is 0.0895. The van der Waals surface area contributed by atoms with Crippen LogP contribution in [0.1, 0.15) is 39.0 Å². The van der Waals surface area contributed by atoms with Crippen molar-refractivity contribution in [1.82, 2.24) is 15.2 Å². The van der Waals surface area contributed by atoms with Gasteiger partial charge in [0.2, 0.25) is 11.9 Å². The molecule has 1 fully saturated rings. The van der Waals surface area contributed by atoms with Crippen molar-refractivity contribution >= 4 is 11.9 Å². The molecule has 1 atom stereocenters. The van der Waals surface area contributed by atoms with Crippen LogP contribution in [0.15, 0.2) is 0 Å². The van der Waals surface area contributed by atoms with Gasteiger partial charge >= 0.3 is 6.01 Å². The number of carbonyl (C=O) groups excluding carboxylic acids is 1. The van der Waals surface area contributed by atoms with Gasteiger partial charge in [-0.25, -0.2) is 5.10 Å². The van der Waals surface area contributed by atoms with Crippen LogP contribution in [0.3, 0.4) is 0 Å². The summed E-state index contributed by atoms with van der Waals surface area (Å²) in [5.41, 5.74) is 0. The Bertz CT molecular complexity index is 401. The molecule has 1 unspecified atom stereocenters. The number of amides is 1. The van der Waals surface area contributed by atoms with E-state index in [4.69, 9.17) is 9.47 Å². The summed E-state index contributed by atoms with van der Waals surface area (Å²) in [4.78, 5) is 15.7. The Morgan fingerprint density at radius 2 is 2.47 bits per heavy atom. The zero-order valence-corrected chi connectivity index (χ0v) is 11.1. The number of aromatic amines is 1. The van der Waals surface area contributed by atoms with Crippen LogP contribution in [0.2, 0.25) is 0 Å². The van der Waals surface area contributed by atoms with E-state index >= 15 is 0 Å². The molecule has 2 heterocycles. The van der Waals surface area contributed by atoms with E-state index in [1.165, 1.54) is 6.42 Å². The van der Waals surface area contributed by atoms with Crippen molar-refractivity contribution in [3.63, 3.8) is 0 Å². The number of nitrogens with one attached hydrogen (secondary N) is 2. The highest BCUT2D eigenvalue weighted by Crippen LogP contribution is 2.17. The minimum Gasteiger partial charge on any atom is -0.463 e. The van der Waals surface area contributed by atoms with Crippen LogP contribution in [0.4, 0.5) is 5.95 Å². The maximum atomic E-state index is 11.7. The first kappa shape index (κ1) is 13.8. The predicted molar refractivity (Wildman–Crippen MR) is 69.0 cm³/mol. The lowest BCUT2D eigenvalue weighted by Gasteiger charge is -2.21. The molecule has 1 aliphatic rings. The van der Waals surface area contributed by atoms with Crippen LogP contribution in [0, 0.1) is 0 Å². The third kappa shape index (κ3) is 4.51. The van der Waals surface area contributed by atoms with E-state index in [-0.39, 0.29) is 18.0 Å². The van der Waals surface area contributed by atoms with Crippen LogP contribution in [-0.4, -0.2) is 40.4 Å². The highest BCUT2D eigenvalue weighted by molar-refractivity contribution is 5.88. The molecule has 0 bridgehead atoms. The van der Waals surface area contributed by atoms with Crippen LogP contribution in [0.5, 0.6) is 6.01 Å². The first-order valence-corrected chi connectivity index (χ1v) is 6.74. The van der Waals surface area contributed by atoms with Gasteiger partial charge < -0.3 is 9.47 Å². The molecule has 1 aromatic rings. The van der Waals surface area contributed by atoms with Crippen molar-refractivity contribution in [3.8, 4) is 6.01 Å². The van der Waals surface area contributed by atoms with Crippen molar-refractivity contribution in [2.75, 3.05) is 18.5 Å². The summed E-state index contributed by atoms with van der Waals surface area (Å²) in [6, 6.07) is 0.244. The Hall–Kier alpha value is -1.63. The molecule has 2 rings (SSSR count). The summed E-state index contributed by atoms with van der Waals surface area (Å²) in [5, 5.41) is 9.08. The number of hydrogen-bond acceptors (Lipinski definition) is 5. The summed E-state index contributed by atoms with van der Waals surface area (Å²) in [5.74, 6) is 0.228. The fourth-order valence-corrected chi connectivity index (χ4v) is 2.02. The van der Waals surface area contributed by atoms with Gasteiger partial charge in [-0.2, -0.15) is 4.98 Å². The lowest BCUT2D eigenvalue weighted by Crippen LogP contribution is -2.22. The lowest BCUT2D eigenvalue weighted by atomic mass is 10.0. The fraction of sp³-hybridized carbons (Fsp3) is 0.750. The molecule has 106 valence electrons. The molecule has 7 heteroatoms. The molecular weight excluding hydrogens is 248 g/mol. The third-order valence-corrected chi connectivity index (χ3v) is 2.96. The second kappa shape index (κ2) is 7.08. The molecule has 1 aliphatic heterocycles. The normalized spacial score (nSPS) is 19.1. The molecule has 1 saturated heterocycles. The Balaban J connectivity index is 1.70. The van der Waals surface area contributed by atoms with E-state index in [1.807, 2.05) is 6.92 Å². The smallest absolute Gasteiger partial charge is 0.337 e. The highest BCUT2D eigenvalue weighted by atomic mass is 16.5. The molecule has 1 amide bonds. The number of rotatable bonds is 6. The van der Waals surface area contributed by atoms with Gasteiger partial charge in [-0.05, 0) is 32.6 Å². The zero-order chi connectivity index (χ0) is 13.5. The maximum Gasteiger partial charge on any atom is 0.337 e. The lowest BCUT2D eigenvalue weighted by molar-refractivity contribution is -0.117. The van der Waals surface area contributed by atoms with Gasteiger partial charge in [-0.15, -0.1) is 5.10 Å². The quantitative estimate of drug-likeness (QED) is 0.816. The fourth-order valence-electron chi connectivity index (χ4n) is 2.02. The van der Waals surface area contributed by atoms with E-state index in [9.17, 15) is 4.79 Å². The monoisotopic (exact) mass is 268 g/mol. The second-order valence-electron chi connectivity index (χ2n) is 4.48. The number of H-pyrrole nitrogens is 1. The van der Waals surface area contributed by atoms with E-state index in [0.29, 0.717) is 19.0 Å². The molecule has 2 N–H and O–H groups in total. The van der Waals surface area contributed by atoms with Gasteiger partial charge in [-0.3, -0.25) is 10.1 Å². The standard InChI is InChI=1S/C12H20N4O3/c1-2-18-12-14-11(15-16-12)13-10(17)7-6-9-5-3-4-8-19-9/h9H,2-8H2,1H3,(H2,13,14,15,16,17). The van der Waals surface area contributed by atoms with E-state index in [1.54, 1.807) is 0 Å². The number of nitrogens with zero attached hydrogens (tertiary/aromatic N) is 2. The molecule has 1 aromatic heterocycles.